The van der Waals surface area contributed by atoms with Crippen LogP contribution in [0.2, 0.25) is 0 Å². The number of carbonyl (C=O) groups excluding carboxylic acids is 1. The van der Waals surface area contributed by atoms with Gasteiger partial charge >= 0.3 is 0 Å². The number of carbonyl (C=O) groups is 1. The molecule has 0 radical (unpaired) electrons. The van der Waals surface area contributed by atoms with E-state index in [1.807, 2.05) is 13.8 Å². The molecule has 2 aromatic rings. The number of hydrogen-bond donors (Lipinski definition) is 0. The fourth-order valence-electron chi connectivity index (χ4n) is 3.57. The monoisotopic (exact) mass is 374 g/mol. The molecule has 2 aliphatic heterocycles. The topological polar surface area (TPSA) is 109 Å². The molecule has 0 unspecified atom stereocenters. The largest absolute Gasteiger partial charge is 0.335 e. The number of anilines is 1. The number of aryl methyl sites for hydroxylation is 1. The molecule has 2 aliphatic rings. The molecule has 0 atom stereocenters. The van der Waals surface area contributed by atoms with Gasteiger partial charge in [-0.15, -0.1) is 0 Å². The average molecular weight is 374 g/mol. The van der Waals surface area contributed by atoms with Crippen LogP contribution in [0.1, 0.15) is 27.4 Å². The Hall–Kier alpha value is -2.62. The number of nitrogens with zero attached hydrogens (tertiary/aromatic N) is 6. The van der Waals surface area contributed by atoms with Gasteiger partial charge in [0.25, 0.3) is 5.91 Å². The van der Waals surface area contributed by atoms with Crippen LogP contribution in [0.3, 0.4) is 0 Å². The molecular formula is C16H18N6O3S. The Kier molecular flexibility index (Phi) is 3.52. The minimum atomic E-state index is -3.46. The Morgan fingerprint density at radius 3 is 2.46 bits per heavy atom. The molecule has 0 aromatic carbocycles. The molecule has 0 saturated carbocycles. The highest BCUT2D eigenvalue weighted by molar-refractivity contribution is 7.92. The van der Waals surface area contributed by atoms with Crippen molar-refractivity contribution in [2.75, 3.05) is 30.2 Å². The lowest BCUT2D eigenvalue weighted by atomic mass is 9.78. The second kappa shape index (κ2) is 5.44. The predicted molar refractivity (Wildman–Crippen MR) is 93.3 cm³/mol. The van der Waals surface area contributed by atoms with Crippen molar-refractivity contribution in [3.05, 3.63) is 41.4 Å². The molecule has 9 nitrogen and oxygen atoms in total. The maximum atomic E-state index is 12.8. The number of sulfonamides is 1. The summed E-state index contributed by atoms with van der Waals surface area (Å²) in [6.45, 7) is 4.66. The van der Waals surface area contributed by atoms with Gasteiger partial charge < -0.3 is 4.90 Å². The van der Waals surface area contributed by atoms with Gasteiger partial charge in [-0.05, 0) is 13.8 Å². The smallest absolute Gasteiger partial charge is 0.272 e. The molecule has 136 valence electrons. The molecule has 0 N–H and O–H groups in total. The third-order valence-corrected chi connectivity index (χ3v) is 6.18. The quantitative estimate of drug-likeness (QED) is 0.731. The van der Waals surface area contributed by atoms with E-state index >= 15 is 0 Å². The summed E-state index contributed by atoms with van der Waals surface area (Å²) in [5, 5.41) is 0. The highest BCUT2D eigenvalue weighted by Gasteiger charge is 2.56. The molecule has 1 fully saturated rings. The molecule has 26 heavy (non-hydrogen) atoms. The molecule has 2 aromatic heterocycles. The Balaban J connectivity index is 1.63. The van der Waals surface area contributed by atoms with Gasteiger partial charge in [-0.2, -0.15) is 0 Å². The lowest BCUT2D eigenvalue weighted by molar-refractivity contribution is 0.0415. The van der Waals surface area contributed by atoms with Gasteiger partial charge in [-0.3, -0.25) is 14.1 Å². The van der Waals surface area contributed by atoms with E-state index < -0.39 is 15.4 Å². The summed E-state index contributed by atoms with van der Waals surface area (Å²) in [4.78, 5) is 31.2. The van der Waals surface area contributed by atoms with Crippen molar-refractivity contribution in [3.63, 3.8) is 0 Å². The predicted octanol–water partition coefficient (Wildman–Crippen LogP) is 0.0568. The van der Waals surface area contributed by atoms with Crippen LogP contribution in [-0.4, -0.2) is 65.1 Å². The van der Waals surface area contributed by atoms with Gasteiger partial charge in [0.2, 0.25) is 10.0 Å². The first kappa shape index (κ1) is 16.8. The third-order valence-electron chi connectivity index (χ3n) is 5.08. The van der Waals surface area contributed by atoms with Gasteiger partial charge in [0.15, 0.2) is 5.82 Å². The number of aromatic nitrogens is 4. The molecule has 1 spiro atoms. The number of hydrogen-bond acceptors (Lipinski definition) is 7. The normalized spacial score (nSPS) is 18.0. The summed E-state index contributed by atoms with van der Waals surface area (Å²) in [5.74, 6) is 0.179. The Morgan fingerprint density at radius 1 is 1.08 bits per heavy atom. The minimum absolute atomic E-state index is 0.179. The van der Waals surface area contributed by atoms with E-state index in [0.29, 0.717) is 30.3 Å². The zero-order valence-corrected chi connectivity index (χ0v) is 15.5. The molecule has 10 heteroatoms. The molecular weight excluding hydrogens is 356 g/mol. The van der Waals surface area contributed by atoms with Gasteiger partial charge in [-0.25, -0.2) is 23.4 Å². The van der Waals surface area contributed by atoms with Gasteiger partial charge in [0.05, 0.1) is 23.9 Å². The first-order chi connectivity index (χ1) is 12.2. The fourth-order valence-corrected chi connectivity index (χ4v) is 4.50. The first-order valence-electron chi connectivity index (χ1n) is 8.10. The summed E-state index contributed by atoms with van der Waals surface area (Å²) in [6, 6.07) is 0. The van der Waals surface area contributed by atoms with Gasteiger partial charge in [-0.1, -0.05) is 0 Å². The van der Waals surface area contributed by atoms with Crippen LogP contribution < -0.4 is 4.31 Å². The molecule has 1 amide bonds. The Morgan fingerprint density at radius 2 is 1.77 bits per heavy atom. The van der Waals surface area contributed by atoms with Crippen molar-refractivity contribution >= 4 is 21.7 Å². The van der Waals surface area contributed by atoms with Crippen LogP contribution in [0.4, 0.5) is 5.82 Å². The van der Waals surface area contributed by atoms with E-state index in [4.69, 9.17) is 0 Å². The SMILES string of the molecule is Cc1ncnc(C(=O)N2CC3(C2)CN(S(C)(=O)=O)c2nccnc23)c1C. The number of amides is 1. The zero-order valence-electron chi connectivity index (χ0n) is 14.7. The van der Waals surface area contributed by atoms with Crippen LogP contribution in [-0.2, 0) is 15.4 Å². The maximum absolute atomic E-state index is 12.8. The van der Waals surface area contributed by atoms with Crippen LogP contribution in [0, 0.1) is 13.8 Å². The lowest BCUT2D eigenvalue weighted by Gasteiger charge is -2.47. The van der Waals surface area contributed by atoms with E-state index in [1.165, 1.54) is 16.8 Å². The van der Waals surface area contributed by atoms with E-state index in [2.05, 4.69) is 19.9 Å². The highest BCUT2D eigenvalue weighted by Crippen LogP contribution is 2.45. The summed E-state index contributed by atoms with van der Waals surface area (Å²) in [5.41, 5.74) is 2.01. The fraction of sp³-hybridized carbons (Fsp3) is 0.438. The number of likely N-dealkylation sites (tertiary alicyclic amines) is 1. The number of fused-ring (bicyclic) bond motifs is 2. The van der Waals surface area contributed by atoms with Crippen LogP contribution in [0.15, 0.2) is 18.7 Å². The number of rotatable bonds is 2. The van der Waals surface area contributed by atoms with E-state index in [9.17, 15) is 13.2 Å². The van der Waals surface area contributed by atoms with Crippen molar-refractivity contribution in [2.24, 2.45) is 0 Å². The van der Waals surface area contributed by atoms with Crippen molar-refractivity contribution in [3.8, 4) is 0 Å². The second-order valence-corrected chi connectivity index (χ2v) is 8.78. The molecule has 0 aliphatic carbocycles. The van der Waals surface area contributed by atoms with E-state index in [0.717, 1.165) is 17.5 Å². The summed E-state index contributed by atoms with van der Waals surface area (Å²) in [6.07, 6.45) is 5.56. The van der Waals surface area contributed by atoms with Crippen LogP contribution >= 0.6 is 0 Å². The van der Waals surface area contributed by atoms with Crippen LogP contribution in [0.5, 0.6) is 0 Å². The van der Waals surface area contributed by atoms with Crippen molar-refractivity contribution < 1.29 is 13.2 Å². The second-order valence-electron chi connectivity index (χ2n) is 6.87. The summed E-state index contributed by atoms with van der Waals surface area (Å²) in [7, 11) is -3.46. The minimum Gasteiger partial charge on any atom is -0.335 e. The Bertz CT molecular complexity index is 1020. The van der Waals surface area contributed by atoms with E-state index in [-0.39, 0.29) is 12.5 Å². The van der Waals surface area contributed by atoms with Crippen molar-refractivity contribution in [1.82, 2.24) is 24.8 Å². The molecule has 4 rings (SSSR count). The lowest BCUT2D eigenvalue weighted by Crippen LogP contribution is -2.63. The standard InChI is InChI=1S/C16H18N6O3S/c1-10-11(2)19-9-20-12(10)15(23)21-6-16(7-21)8-22(26(3,24)25)14-13(16)17-4-5-18-14/h4-5,9H,6-8H2,1-3H3. The molecule has 0 bridgehead atoms. The third kappa shape index (κ3) is 2.36. The average Bonchev–Trinajstić information content (AvgIpc) is 2.91. The van der Waals surface area contributed by atoms with Crippen molar-refractivity contribution in [1.29, 1.82) is 0 Å². The molecule has 4 heterocycles. The first-order valence-corrected chi connectivity index (χ1v) is 9.94. The van der Waals surface area contributed by atoms with Gasteiger partial charge in [0, 0.05) is 36.7 Å². The summed E-state index contributed by atoms with van der Waals surface area (Å²) < 4.78 is 25.5. The van der Waals surface area contributed by atoms with Crippen LogP contribution in [0.25, 0.3) is 0 Å². The van der Waals surface area contributed by atoms with Gasteiger partial charge in [0.1, 0.15) is 12.0 Å². The van der Waals surface area contributed by atoms with E-state index in [1.54, 1.807) is 11.1 Å². The molecule has 1 saturated heterocycles. The summed E-state index contributed by atoms with van der Waals surface area (Å²) >= 11 is 0. The zero-order chi connectivity index (χ0) is 18.7. The maximum Gasteiger partial charge on any atom is 0.272 e. The Labute approximate surface area is 151 Å². The van der Waals surface area contributed by atoms with Crippen molar-refractivity contribution in [2.45, 2.75) is 19.3 Å². The highest BCUT2D eigenvalue weighted by atomic mass is 32.2.